The normalized spacial score (nSPS) is 11.4. The van der Waals surface area contributed by atoms with Crippen molar-refractivity contribution in [3.63, 3.8) is 0 Å². The third-order valence-corrected chi connectivity index (χ3v) is 4.90. The Kier molecular flexibility index (Phi) is 7.27. The predicted octanol–water partition coefficient (Wildman–Crippen LogP) is 3.27. The topological polar surface area (TPSA) is 98.8 Å². The Morgan fingerprint density at radius 2 is 1.59 bits per heavy atom. The fourth-order valence-electron chi connectivity index (χ4n) is 2.15. The molecule has 0 unspecified atom stereocenters. The van der Waals surface area contributed by atoms with Gasteiger partial charge in [-0.1, -0.05) is 0 Å². The lowest BCUT2D eigenvalue weighted by molar-refractivity contribution is -0.118. The summed E-state index contributed by atoms with van der Waals surface area (Å²) < 4.78 is 58.1. The minimum absolute atomic E-state index is 0.221. The van der Waals surface area contributed by atoms with Crippen LogP contribution in [-0.4, -0.2) is 38.8 Å². The zero-order valence-corrected chi connectivity index (χ0v) is 16.4. The van der Waals surface area contributed by atoms with Crippen molar-refractivity contribution in [1.82, 2.24) is 0 Å². The molecule has 0 radical (unpaired) electrons. The molecule has 0 spiro atoms. The maximum atomic E-state index is 12.5. The van der Waals surface area contributed by atoms with Crippen LogP contribution >= 0.6 is 0 Å². The molecule has 2 rings (SSSR count). The van der Waals surface area contributed by atoms with Crippen LogP contribution in [0.1, 0.15) is 24.2 Å². The first kappa shape index (κ1) is 22.3. The number of rotatable bonds is 8. The molecule has 0 saturated carbocycles. The average molecular weight is 427 g/mol. The second kappa shape index (κ2) is 9.46. The maximum absolute atomic E-state index is 12.5. The van der Waals surface area contributed by atoms with Crippen molar-refractivity contribution < 1.29 is 36.3 Å². The fraction of sp³-hybridized carbons (Fsp3) is 0.263. The van der Waals surface area contributed by atoms with E-state index in [-0.39, 0.29) is 18.4 Å². The molecule has 2 aromatic rings. The highest BCUT2D eigenvalue weighted by Crippen LogP contribution is 2.20. The summed E-state index contributed by atoms with van der Waals surface area (Å²) in [5, 5.41) is 2.45. The molecular formula is C19H19F2NO6S. The number of hydrogen-bond donors (Lipinski definition) is 1. The molecule has 29 heavy (non-hydrogen) atoms. The van der Waals surface area contributed by atoms with E-state index in [4.69, 9.17) is 9.47 Å². The lowest BCUT2D eigenvalue weighted by Crippen LogP contribution is -2.20. The third-order valence-electron chi connectivity index (χ3n) is 3.50. The van der Waals surface area contributed by atoms with Gasteiger partial charge in [-0.15, -0.1) is 0 Å². The van der Waals surface area contributed by atoms with E-state index in [2.05, 4.69) is 5.32 Å². The fourth-order valence-corrected chi connectivity index (χ4v) is 2.87. The van der Waals surface area contributed by atoms with Crippen LogP contribution in [0.4, 0.5) is 14.5 Å². The molecule has 7 nitrogen and oxygen atoms in total. The molecule has 0 atom stereocenters. The molecule has 1 N–H and O–H groups in total. The summed E-state index contributed by atoms with van der Waals surface area (Å²) in [6, 6.07) is 10.4. The first-order chi connectivity index (χ1) is 13.6. The van der Waals surface area contributed by atoms with E-state index in [9.17, 15) is 26.8 Å². The van der Waals surface area contributed by atoms with Crippen LogP contribution in [0.2, 0.25) is 0 Å². The Bertz CT molecular complexity index is 957. The van der Waals surface area contributed by atoms with E-state index in [1.165, 1.54) is 36.4 Å². The van der Waals surface area contributed by atoms with Gasteiger partial charge in [0.2, 0.25) is 9.84 Å². The summed E-state index contributed by atoms with van der Waals surface area (Å²) in [6.45, 7) is 3.12. The molecule has 0 heterocycles. The van der Waals surface area contributed by atoms with Crippen LogP contribution < -0.4 is 10.1 Å². The van der Waals surface area contributed by atoms with E-state index in [0.717, 1.165) is 12.1 Å². The molecule has 0 aliphatic carbocycles. The van der Waals surface area contributed by atoms with Crippen molar-refractivity contribution in [3.8, 4) is 5.75 Å². The van der Waals surface area contributed by atoms with Gasteiger partial charge in [0.1, 0.15) is 5.75 Å². The zero-order chi connectivity index (χ0) is 21.6. The average Bonchev–Trinajstić information content (AvgIpc) is 2.66. The van der Waals surface area contributed by atoms with Gasteiger partial charge in [-0.2, -0.15) is 8.78 Å². The molecule has 0 aliphatic heterocycles. The van der Waals surface area contributed by atoms with E-state index >= 15 is 0 Å². The molecular weight excluding hydrogens is 408 g/mol. The van der Waals surface area contributed by atoms with E-state index in [0.29, 0.717) is 11.3 Å². The number of nitrogens with one attached hydrogen (secondary N) is 1. The van der Waals surface area contributed by atoms with Gasteiger partial charge in [-0.05, 0) is 62.4 Å². The van der Waals surface area contributed by atoms with E-state index in [1.54, 1.807) is 13.8 Å². The Morgan fingerprint density at radius 3 is 2.10 bits per heavy atom. The van der Waals surface area contributed by atoms with Gasteiger partial charge in [-0.25, -0.2) is 13.2 Å². The highest BCUT2D eigenvalue weighted by molar-refractivity contribution is 7.91. The number of halogens is 2. The number of carbonyl (C=O) groups excluding carboxylic acids is 2. The third kappa shape index (κ3) is 6.24. The van der Waals surface area contributed by atoms with Crippen LogP contribution in [0.25, 0.3) is 0 Å². The Hall–Kier alpha value is -3.01. The second-order valence-electron chi connectivity index (χ2n) is 6.15. The summed E-state index contributed by atoms with van der Waals surface area (Å²) in [5.74, 6) is -4.19. The van der Waals surface area contributed by atoms with Crippen molar-refractivity contribution in [1.29, 1.82) is 0 Å². The van der Waals surface area contributed by atoms with E-state index in [1.807, 2.05) is 0 Å². The number of anilines is 1. The minimum atomic E-state index is -4.69. The van der Waals surface area contributed by atoms with Crippen LogP contribution in [0.15, 0.2) is 53.4 Å². The molecule has 10 heteroatoms. The predicted molar refractivity (Wildman–Crippen MR) is 101 cm³/mol. The van der Waals surface area contributed by atoms with Crippen LogP contribution in [0.3, 0.4) is 0 Å². The Labute approximate surface area is 166 Å². The number of carbonyl (C=O) groups is 2. The summed E-state index contributed by atoms with van der Waals surface area (Å²) in [5.41, 5.74) is 0.563. The number of amides is 1. The first-order valence-electron chi connectivity index (χ1n) is 8.45. The monoisotopic (exact) mass is 427 g/mol. The van der Waals surface area contributed by atoms with E-state index < -0.39 is 32.4 Å². The number of ether oxygens (including phenoxy) is 2. The number of esters is 1. The van der Waals surface area contributed by atoms with Crippen LogP contribution in [0.5, 0.6) is 5.75 Å². The highest BCUT2D eigenvalue weighted by Gasteiger charge is 2.26. The molecule has 0 aromatic heterocycles. The van der Waals surface area contributed by atoms with Crippen molar-refractivity contribution in [2.45, 2.75) is 30.6 Å². The summed E-state index contributed by atoms with van der Waals surface area (Å²) in [4.78, 5) is 23.1. The standard InChI is InChI=1S/C19H19F2NO6S/c1-12(2)28-18(24)13-3-7-15(8-4-13)27-11-17(23)22-14-5-9-16(10-6-14)29(25,26)19(20)21/h3-10,12,19H,11H2,1-2H3,(H,22,23). The molecule has 1 amide bonds. The molecule has 0 saturated heterocycles. The van der Waals surface area contributed by atoms with Gasteiger partial charge in [0.05, 0.1) is 16.6 Å². The lowest BCUT2D eigenvalue weighted by atomic mass is 10.2. The van der Waals surface area contributed by atoms with Crippen molar-refractivity contribution in [2.24, 2.45) is 0 Å². The molecule has 2 aromatic carbocycles. The van der Waals surface area contributed by atoms with Gasteiger partial charge in [0.25, 0.3) is 5.91 Å². The number of sulfone groups is 1. The van der Waals surface area contributed by atoms with Gasteiger partial charge < -0.3 is 14.8 Å². The SMILES string of the molecule is CC(C)OC(=O)c1ccc(OCC(=O)Nc2ccc(S(=O)(=O)C(F)F)cc2)cc1. The quantitative estimate of drug-likeness (QED) is 0.650. The van der Waals surface area contributed by atoms with Crippen LogP contribution in [-0.2, 0) is 19.4 Å². The van der Waals surface area contributed by atoms with Gasteiger partial charge in [0, 0.05) is 5.69 Å². The summed E-state index contributed by atoms with van der Waals surface area (Å²) in [7, 11) is -4.69. The van der Waals surface area contributed by atoms with Crippen LogP contribution in [0, 0.1) is 0 Å². The summed E-state index contributed by atoms with van der Waals surface area (Å²) in [6.07, 6.45) is -0.244. The van der Waals surface area contributed by atoms with Gasteiger partial charge in [-0.3, -0.25) is 4.79 Å². The van der Waals surface area contributed by atoms with Gasteiger partial charge in [0.15, 0.2) is 6.61 Å². The maximum Gasteiger partial charge on any atom is 0.341 e. The minimum Gasteiger partial charge on any atom is -0.484 e. The number of benzene rings is 2. The summed E-state index contributed by atoms with van der Waals surface area (Å²) >= 11 is 0. The van der Waals surface area contributed by atoms with Crippen molar-refractivity contribution in [2.75, 3.05) is 11.9 Å². The number of hydrogen-bond acceptors (Lipinski definition) is 6. The number of alkyl halides is 2. The Balaban J connectivity index is 1.89. The van der Waals surface area contributed by atoms with Crippen molar-refractivity contribution in [3.05, 3.63) is 54.1 Å². The highest BCUT2D eigenvalue weighted by atomic mass is 32.2. The van der Waals surface area contributed by atoms with Crippen molar-refractivity contribution >= 4 is 27.4 Å². The molecule has 0 fully saturated rings. The molecule has 0 aliphatic rings. The Morgan fingerprint density at radius 1 is 1.00 bits per heavy atom. The largest absolute Gasteiger partial charge is 0.484 e. The first-order valence-corrected chi connectivity index (χ1v) is 10.00. The lowest BCUT2D eigenvalue weighted by Gasteiger charge is -2.10. The molecule has 0 bridgehead atoms. The second-order valence-corrected chi connectivity index (χ2v) is 8.06. The van der Waals surface area contributed by atoms with Gasteiger partial charge >= 0.3 is 11.7 Å². The zero-order valence-electron chi connectivity index (χ0n) is 15.6. The molecule has 156 valence electrons. The smallest absolute Gasteiger partial charge is 0.341 e.